The maximum Gasteiger partial charge on any atom is 0.201 e. The van der Waals surface area contributed by atoms with Gasteiger partial charge in [-0.05, 0) is 138 Å². The standard InChI is InChI=1S/C50H54O8/c1-27(2)11-9-13-29(5)15-17-57-33-23-37-43(35-19-31(7)21-39(51)45(35)49(55)47(37)41(53)25-33)44-36-20-32(8)22-40(52)46(36)50(56)48-38(44)24-34(26-42(48)54)58-18-16-30(6)14-10-12-28(3)4/h11-13,16,19-26,43-44,51-54H,9-10,14-15,17-18H2,1-8H3/b29-13+,30-16+/t43-,44+/m0/s1. The van der Waals surface area contributed by atoms with Crippen molar-refractivity contribution in [1.29, 1.82) is 0 Å². The molecule has 2 aliphatic carbocycles. The number of aromatic hydroxyl groups is 4. The van der Waals surface area contributed by atoms with Crippen molar-refractivity contribution in [2.75, 3.05) is 13.2 Å². The van der Waals surface area contributed by atoms with Gasteiger partial charge in [0.15, 0.2) is 0 Å². The highest BCUT2D eigenvalue weighted by atomic mass is 16.5. The van der Waals surface area contributed by atoms with E-state index in [9.17, 15) is 30.0 Å². The number of fused-ring (bicyclic) bond motifs is 4. The number of aryl methyl sites for hydroxylation is 2. The van der Waals surface area contributed by atoms with E-state index in [1.807, 2.05) is 45.9 Å². The van der Waals surface area contributed by atoms with E-state index in [0.717, 1.165) is 30.4 Å². The Balaban J connectivity index is 1.52. The minimum atomic E-state index is -0.814. The van der Waals surface area contributed by atoms with Crippen LogP contribution >= 0.6 is 0 Å². The Morgan fingerprint density at radius 2 is 0.966 bits per heavy atom. The molecule has 0 heterocycles. The maximum atomic E-state index is 14.3. The van der Waals surface area contributed by atoms with E-state index >= 15 is 0 Å². The minimum Gasteiger partial charge on any atom is -0.507 e. The van der Waals surface area contributed by atoms with Crippen LogP contribution in [0.3, 0.4) is 0 Å². The number of hydrogen-bond acceptors (Lipinski definition) is 8. The van der Waals surface area contributed by atoms with E-state index in [0.29, 0.717) is 57.9 Å². The summed E-state index contributed by atoms with van der Waals surface area (Å²) in [6, 6.07) is 13.0. The van der Waals surface area contributed by atoms with Gasteiger partial charge in [0, 0.05) is 30.4 Å². The number of carbonyl (C=O) groups excluding carboxylic acids is 2. The Morgan fingerprint density at radius 1 is 0.534 bits per heavy atom. The van der Waals surface area contributed by atoms with E-state index < -0.39 is 23.4 Å². The van der Waals surface area contributed by atoms with Crippen LogP contribution in [0.4, 0.5) is 0 Å². The number of phenols is 4. The summed E-state index contributed by atoms with van der Waals surface area (Å²) in [6.45, 7) is 16.5. The number of phenolic OH excluding ortho intramolecular Hbond substituents is 4. The van der Waals surface area contributed by atoms with E-state index in [4.69, 9.17) is 9.47 Å². The van der Waals surface area contributed by atoms with Gasteiger partial charge < -0.3 is 29.9 Å². The zero-order chi connectivity index (χ0) is 42.0. The lowest BCUT2D eigenvalue weighted by Gasteiger charge is -2.39. The molecule has 0 aromatic heterocycles. The molecule has 0 aliphatic heterocycles. The largest absolute Gasteiger partial charge is 0.507 e. The molecular formula is C50H54O8. The molecule has 0 unspecified atom stereocenters. The molecule has 2 atom stereocenters. The molecular weight excluding hydrogens is 729 g/mol. The highest BCUT2D eigenvalue weighted by molar-refractivity contribution is 6.18. The van der Waals surface area contributed by atoms with Gasteiger partial charge in [0.2, 0.25) is 11.6 Å². The van der Waals surface area contributed by atoms with Crippen LogP contribution in [-0.2, 0) is 0 Å². The van der Waals surface area contributed by atoms with Gasteiger partial charge in [-0.15, -0.1) is 0 Å². The van der Waals surface area contributed by atoms with Crippen molar-refractivity contribution >= 4 is 11.6 Å². The molecule has 0 bridgehead atoms. The molecule has 0 radical (unpaired) electrons. The maximum absolute atomic E-state index is 14.3. The highest BCUT2D eigenvalue weighted by Gasteiger charge is 2.46. The van der Waals surface area contributed by atoms with Crippen LogP contribution in [0, 0.1) is 13.8 Å². The fourth-order valence-corrected chi connectivity index (χ4v) is 8.17. The smallest absolute Gasteiger partial charge is 0.201 e. The van der Waals surface area contributed by atoms with Crippen LogP contribution in [0.25, 0.3) is 0 Å². The molecule has 0 amide bonds. The number of hydrogen-bond donors (Lipinski definition) is 4. The van der Waals surface area contributed by atoms with Crippen molar-refractivity contribution in [1.82, 2.24) is 0 Å². The van der Waals surface area contributed by atoms with Crippen LogP contribution in [0.15, 0.2) is 95.1 Å². The molecule has 8 nitrogen and oxygen atoms in total. The lowest BCUT2D eigenvalue weighted by Crippen LogP contribution is -2.30. The van der Waals surface area contributed by atoms with Gasteiger partial charge in [-0.1, -0.05) is 52.7 Å². The predicted octanol–water partition coefficient (Wildman–Crippen LogP) is 11.3. The topological polar surface area (TPSA) is 134 Å². The van der Waals surface area contributed by atoms with Crippen LogP contribution in [0.1, 0.15) is 144 Å². The third-order valence-corrected chi connectivity index (χ3v) is 10.9. The molecule has 0 saturated heterocycles. The normalized spacial score (nSPS) is 15.9. The second-order valence-electron chi connectivity index (χ2n) is 16.3. The summed E-state index contributed by atoms with van der Waals surface area (Å²) in [5.41, 5.74) is 8.04. The molecule has 2 aliphatic rings. The zero-order valence-electron chi connectivity index (χ0n) is 34.7. The van der Waals surface area contributed by atoms with E-state index in [-0.39, 0.29) is 51.9 Å². The van der Waals surface area contributed by atoms with Crippen molar-refractivity contribution in [2.24, 2.45) is 0 Å². The Labute approximate surface area is 341 Å². The van der Waals surface area contributed by atoms with Gasteiger partial charge in [-0.2, -0.15) is 0 Å². The predicted molar refractivity (Wildman–Crippen MR) is 228 cm³/mol. The van der Waals surface area contributed by atoms with Crippen molar-refractivity contribution in [3.63, 3.8) is 0 Å². The number of ether oxygens (including phenoxy) is 2. The number of ketones is 2. The van der Waals surface area contributed by atoms with E-state index in [2.05, 4.69) is 45.9 Å². The minimum absolute atomic E-state index is 0.00123. The van der Waals surface area contributed by atoms with Crippen LogP contribution < -0.4 is 9.47 Å². The Hall–Kier alpha value is -6.02. The van der Waals surface area contributed by atoms with Crippen molar-refractivity contribution in [3.8, 4) is 34.5 Å². The summed E-state index contributed by atoms with van der Waals surface area (Å²) < 4.78 is 12.5. The summed E-state index contributed by atoms with van der Waals surface area (Å²) in [5, 5.41) is 46.1. The van der Waals surface area contributed by atoms with Crippen molar-refractivity contribution in [2.45, 2.75) is 92.9 Å². The van der Waals surface area contributed by atoms with E-state index in [1.165, 1.54) is 35.4 Å². The average molecular weight is 783 g/mol. The SMILES string of the molecule is CC(C)=CC/C=C(\C)CCOc1cc(O)c2c(c1)[C@@H]([C@@H]1c3cc(C)cc(O)c3C(=O)c3c(O)cc(OC/C=C(\C)CCC=C(C)C)cc31)c1cc(C)cc(O)c1C2=O. The summed E-state index contributed by atoms with van der Waals surface area (Å²) in [5.74, 6) is -3.16. The second kappa shape index (κ2) is 17.2. The van der Waals surface area contributed by atoms with Gasteiger partial charge in [0.05, 0.1) is 28.9 Å². The first-order chi connectivity index (χ1) is 27.5. The first-order valence-electron chi connectivity index (χ1n) is 19.9. The highest BCUT2D eigenvalue weighted by Crippen LogP contribution is 2.57. The summed E-state index contributed by atoms with van der Waals surface area (Å²) in [4.78, 5) is 28.7. The first-order valence-corrected chi connectivity index (χ1v) is 19.9. The lowest BCUT2D eigenvalue weighted by molar-refractivity contribution is 0.101. The van der Waals surface area contributed by atoms with E-state index in [1.54, 1.807) is 12.1 Å². The summed E-state index contributed by atoms with van der Waals surface area (Å²) in [7, 11) is 0. The molecule has 4 N–H and O–H groups in total. The molecule has 4 aromatic rings. The number of benzene rings is 4. The molecule has 8 heteroatoms. The van der Waals surface area contributed by atoms with Crippen LogP contribution in [0.5, 0.6) is 34.5 Å². The van der Waals surface area contributed by atoms with Gasteiger partial charge in [-0.25, -0.2) is 0 Å². The third kappa shape index (κ3) is 8.61. The molecule has 0 fully saturated rings. The molecule has 0 saturated carbocycles. The monoisotopic (exact) mass is 782 g/mol. The molecule has 58 heavy (non-hydrogen) atoms. The molecule has 0 spiro atoms. The Bertz CT molecular complexity index is 2420. The third-order valence-electron chi connectivity index (χ3n) is 10.9. The van der Waals surface area contributed by atoms with Gasteiger partial charge >= 0.3 is 0 Å². The van der Waals surface area contributed by atoms with Gasteiger partial charge in [0.25, 0.3) is 0 Å². The number of carbonyl (C=O) groups is 2. The Kier molecular flexibility index (Phi) is 12.4. The van der Waals surface area contributed by atoms with Gasteiger partial charge in [0.1, 0.15) is 41.1 Å². The average Bonchev–Trinajstić information content (AvgIpc) is 3.11. The molecule has 6 rings (SSSR count). The van der Waals surface area contributed by atoms with Gasteiger partial charge in [-0.3, -0.25) is 9.59 Å². The van der Waals surface area contributed by atoms with Crippen molar-refractivity contribution in [3.05, 3.63) is 151 Å². The summed E-state index contributed by atoms with van der Waals surface area (Å²) >= 11 is 0. The quantitative estimate of drug-likeness (QED) is 0.0985. The molecule has 4 aromatic carbocycles. The molecule has 302 valence electrons. The lowest BCUT2D eigenvalue weighted by atomic mass is 9.63. The fourth-order valence-electron chi connectivity index (χ4n) is 8.17. The Morgan fingerprint density at radius 3 is 1.45 bits per heavy atom. The summed E-state index contributed by atoms with van der Waals surface area (Å²) in [6.07, 6.45) is 11.7. The number of allylic oxidation sites excluding steroid dienone is 6. The first kappa shape index (κ1) is 41.6. The zero-order valence-corrected chi connectivity index (χ0v) is 34.7. The second-order valence-corrected chi connectivity index (χ2v) is 16.3. The van der Waals surface area contributed by atoms with Crippen LogP contribution in [-0.4, -0.2) is 45.2 Å². The number of rotatable bonds is 13. The fraction of sp³-hybridized carbons (Fsp3) is 0.320. The van der Waals surface area contributed by atoms with Crippen molar-refractivity contribution < 1.29 is 39.5 Å². The van der Waals surface area contributed by atoms with Crippen LogP contribution in [0.2, 0.25) is 0 Å².